The van der Waals surface area contributed by atoms with Crippen LogP contribution in [0.15, 0.2) is 12.3 Å². The molecule has 1 aromatic heterocycles. The van der Waals surface area contributed by atoms with Crippen molar-refractivity contribution in [1.82, 2.24) is 9.88 Å². The van der Waals surface area contributed by atoms with Crippen LogP contribution in [0.3, 0.4) is 0 Å². The summed E-state index contributed by atoms with van der Waals surface area (Å²) in [5, 5.41) is 9.40. The summed E-state index contributed by atoms with van der Waals surface area (Å²) in [5.74, 6) is 0. The lowest BCUT2D eigenvalue weighted by molar-refractivity contribution is 0.0396. The van der Waals surface area contributed by atoms with E-state index in [0.29, 0.717) is 23.6 Å². The monoisotopic (exact) mass is 272 g/mol. The van der Waals surface area contributed by atoms with Gasteiger partial charge in [0, 0.05) is 12.7 Å². The number of likely N-dealkylation sites (tertiary alicyclic amines) is 1. The molecule has 1 aliphatic rings. The summed E-state index contributed by atoms with van der Waals surface area (Å²) in [6, 6.07) is 1.64. The van der Waals surface area contributed by atoms with Crippen LogP contribution in [0.2, 0.25) is 5.02 Å². The number of carboxylic acid groups (broad SMARTS) is 1. The van der Waals surface area contributed by atoms with E-state index in [2.05, 4.69) is 4.98 Å². The molecular weight excluding hydrogens is 259 g/mol. The van der Waals surface area contributed by atoms with Gasteiger partial charge in [0.15, 0.2) is 5.67 Å². The highest BCUT2D eigenvalue weighted by molar-refractivity contribution is 6.30. The number of pyridine rings is 1. The number of alkyl halides is 1. The molecule has 0 radical (unpaired) electrons. The van der Waals surface area contributed by atoms with Gasteiger partial charge in [-0.2, -0.15) is 0 Å². The van der Waals surface area contributed by atoms with Crippen LogP contribution in [0, 0.1) is 6.92 Å². The highest BCUT2D eigenvalue weighted by Crippen LogP contribution is 2.36. The Morgan fingerprint density at radius 2 is 2.39 bits per heavy atom. The van der Waals surface area contributed by atoms with E-state index in [-0.39, 0.29) is 18.7 Å². The lowest BCUT2D eigenvalue weighted by atomic mass is 9.89. The minimum atomic E-state index is -1.72. The van der Waals surface area contributed by atoms with E-state index in [1.807, 2.05) is 0 Å². The number of nitrogens with zero attached hydrogens (tertiary/aromatic N) is 2. The second-order valence-electron chi connectivity index (χ2n) is 4.59. The van der Waals surface area contributed by atoms with E-state index >= 15 is 0 Å². The first-order valence-electron chi connectivity index (χ1n) is 5.72. The summed E-state index contributed by atoms with van der Waals surface area (Å²) in [5.41, 5.74) is -0.777. The number of hydrogen-bond donors (Lipinski definition) is 1. The minimum absolute atomic E-state index is 0.169. The summed E-state index contributed by atoms with van der Waals surface area (Å²) >= 11 is 5.79. The highest BCUT2D eigenvalue weighted by Gasteiger charge is 2.41. The molecule has 1 aliphatic heterocycles. The average molecular weight is 273 g/mol. The molecule has 2 heterocycles. The molecule has 0 bridgehead atoms. The Labute approximate surface area is 109 Å². The Kier molecular flexibility index (Phi) is 3.43. The molecule has 0 aliphatic carbocycles. The van der Waals surface area contributed by atoms with Crippen molar-refractivity contribution >= 4 is 17.7 Å². The maximum atomic E-state index is 14.9. The fraction of sp³-hybridized carbons (Fsp3) is 0.500. The number of aromatic nitrogens is 1. The van der Waals surface area contributed by atoms with Crippen LogP contribution < -0.4 is 0 Å². The van der Waals surface area contributed by atoms with Crippen LogP contribution >= 0.6 is 11.6 Å². The predicted octanol–water partition coefficient (Wildman–Crippen LogP) is 2.98. The van der Waals surface area contributed by atoms with Gasteiger partial charge < -0.3 is 10.0 Å². The maximum absolute atomic E-state index is 14.9. The van der Waals surface area contributed by atoms with Crippen molar-refractivity contribution in [2.45, 2.75) is 25.4 Å². The number of amides is 1. The zero-order valence-corrected chi connectivity index (χ0v) is 10.7. The normalized spacial score (nSPS) is 24.1. The van der Waals surface area contributed by atoms with Crippen LogP contribution in [-0.4, -0.2) is 34.2 Å². The summed E-state index contributed by atoms with van der Waals surface area (Å²) < 4.78 is 14.9. The Morgan fingerprint density at radius 3 is 3.00 bits per heavy atom. The molecule has 98 valence electrons. The molecule has 1 atom stereocenters. The molecule has 0 spiro atoms. The molecule has 6 heteroatoms. The Bertz CT molecular complexity index is 483. The van der Waals surface area contributed by atoms with Crippen molar-refractivity contribution < 1.29 is 14.3 Å². The molecule has 1 aromatic rings. The van der Waals surface area contributed by atoms with E-state index in [0.717, 1.165) is 4.90 Å². The minimum Gasteiger partial charge on any atom is -0.465 e. The van der Waals surface area contributed by atoms with E-state index in [9.17, 15) is 9.18 Å². The van der Waals surface area contributed by atoms with E-state index in [1.54, 1.807) is 13.0 Å². The van der Waals surface area contributed by atoms with Gasteiger partial charge in [-0.3, -0.25) is 4.98 Å². The van der Waals surface area contributed by atoms with Crippen molar-refractivity contribution in [3.63, 3.8) is 0 Å². The Balaban J connectivity index is 2.32. The van der Waals surface area contributed by atoms with Crippen molar-refractivity contribution in [3.8, 4) is 0 Å². The van der Waals surface area contributed by atoms with Gasteiger partial charge in [0.1, 0.15) is 0 Å². The summed E-state index contributed by atoms with van der Waals surface area (Å²) in [6.07, 6.45) is 1.08. The SMILES string of the molecule is Cc1cc(Cl)cnc1C1(F)CCCN(C(=O)O)C1. The van der Waals surface area contributed by atoms with Crippen LogP contribution in [0.4, 0.5) is 9.18 Å². The molecule has 0 saturated carbocycles. The van der Waals surface area contributed by atoms with Crippen molar-refractivity contribution in [2.24, 2.45) is 0 Å². The number of carbonyl (C=O) groups is 1. The fourth-order valence-corrected chi connectivity index (χ4v) is 2.59. The molecule has 1 unspecified atom stereocenters. The van der Waals surface area contributed by atoms with Gasteiger partial charge >= 0.3 is 6.09 Å². The Hall–Kier alpha value is -1.36. The zero-order valence-electron chi connectivity index (χ0n) is 9.99. The second-order valence-corrected chi connectivity index (χ2v) is 5.03. The van der Waals surface area contributed by atoms with Gasteiger partial charge in [-0.1, -0.05) is 11.6 Å². The van der Waals surface area contributed by atoms with E-state index < -0.39 is 11.8 Å². The van der Waals surface area contributed by atoms with Gasteiger partial charge in [-0.05, 0) is 31.4 Å². The van der Waals surface area contributed by atoms with Crippen LogP contribution in [0.5, 0.6) is 0 Å². The molecule has 1 N–H and O–H groups in total. The van der Waals surface area contributed by atoms with E-state index in [1.165, 1.54) is 6.20 Å². The highest BCUT2D eigenvalue weighted by atomic mass is 35.5. The van der Waals surface area contributed by atoms with Crippen LogP contribution in [-0.2, 0) is 5.67 Å². The lowest BCUT2D eigenvalue weighted by Crippen LogP contribution is -2.46. The fourth-order valence-electron chi connectivity index (χ4n) is 2.38. The Morgan fingerprint density at radius 1 is 1.67 bits per heavy atom. The summed E-state index contributed by atoms with van der Waals surface area (Å²) in [7, 11) is 0. The van der Waals surface area contributed by atoms with Gasteiger partial charge in [0.05, 0.1) is 17.3 Å². The van der Waals surface area contributed by atoms with Crippen molar-refractivity contribution in [2.75, 3.05) is 13.1 Å². The molecule has 1 fully saturated rings. The largest absolute Gasteiger partial charge is 0.465 e. The molecule has 18 heavy (non-hydrogen) atoms. The molecule has 4 nitrogen and oxygen atoms in total. The molecule has 1 saturated heterocycles. The molecular formula is C12H14ClFN2O2. The third kappa shape index (κ3) is 2.41. The average Bonchev–Trinajstić information content (AvgIpc) is 2.28. The number of halogens is 2. The quantitative estimate of drug-likeness (QED) is 0.855. The summed E-state index contributed by atoms with van der Waals surface area (Å²) in [6.45, 7) is 1.93. The van der Waals surface area contributed by atoms with Gasteiger partial charge in [0.25, 0.3) is 0 Å². The topological polar surface area (TPSA) is 53.4 Å². The third-order valence-electron chi connectivity index (χ3n) is 3.18. The van der Waals surface area contributed by atoms with Crippen molar-refractivity contribution in [1.29, 1.82) is 0 Å². The first-order chi connectivity index (χ1) is 8.42. The zero-order chi connectivity index (χ0) is 13.3. The standard InChI is InChI=1S/C12H14ClFN2O2/c1-8-5-9(13)6-15-10(8)12(14)3-2-4-16(7-12)11(17)18/h5-6H,2-4,7H2,1H3,(H,17,18). The molecule has 2 rings (SSSR count). The first kappa shape index (κ1) is 13.1. The predicted molar refractivity (Wildman–Crippen MR) is 65.6 cm³/mol. The number of rotatable bonds is 1. The van der Waals surface area contributed by atoms with Crippen molar-refractivity contribution in [3.05, 3.63) is 28.5 Å². The number of aryl methyl sites for hydroxylation is 1. The third-order valence-corrected chi connectivity index (χ3v) is 3.39. The second kappa shape index (κ2) is 4.72. The number of hydrogen-bond acceptors (Lipinski definition) is 2. The molecule has 0 aromatic carbocycles. The van der Waals surface area contributed by atoms with Gasteiger partial charge in [-0.15, -0.1) is 0 Å². The van der Waals surface area contributed by atoms with E-state index in [4.69, 9.17) is 16.7 Å². The van der Waals surface area contributed by atoms with Gasteiger partial charge in [-0.25, -0.2) is 9.18 Å². The van der Waals surface area contributed by atoms with Gasteiger partial charge in [0.2, 0.25) is 0 Å². The lowest BCUT2D eigenvalue weighted by Gasteiger charge is -2.36. The summed E-state index contributed by atoms with van der Waals surface area (Å²) in [4.78, 5) is 16.1. The molecule has 1 amide bonds. The first-order valence-corrected chi connectivity index (χ1v) is 6.09. The maximum Gasteiger partial charge on any atom is 0.407 e. The van der Waals surface area contributed by atoms with Crippen LogP contribution in [0.25, 0.3) is 0 Å². The smallest absolute Gasteiger partial charge is 0.407 e. The van der Waals surface area contributed by atoms with Crippen LogP contribution in [0.1, 0.15) is 24.1 Å². The number of piperidine rings is 1.